The van der Waals surface area contributed by atoms with Gasteiger partial charge in [0.1, 0.15) is 22.3 Å². The summed E-state index contributed by atoms with van der Waals surface area (Å²) in [6.45, 7) is 0. The van der Waals surface area contributed by atoms with Gasteiger partial charge in [0.25, 0.3) is 0 Å². The number of fused-ring (bicyclic) bond motifs is 10. The largest absolute Gasteiger partial charge is 0.456 e. The molecule has 0 saturated carbocycles. The Morgan fingerprint density at radius 1 is 0.167 bits per heavy atom. The zero-order chi connectivity index (χ0) is 81.4. The van der Waals surface area contributed by atoms with Crippen LogP contribution >= 0.6 is 0 Å². The zero-order valence-electron chi connectivity index (χ0n) is 70.5. The van der Waals surface area contributed by atoms with E-state index in [1.165, 1.54) is 0 Å². The van der Waals surface area contributed by atoms with Gasteiger partial charge in [-0.25, -0.2) is 0 Å². The molecule has 0 saturated heterocycles. The summed E-state index contributed by atoms with van der Waals surface area (Å²) in [4.78, 5) is 0. The molecule has 18 aromatic carbocycles. The molecule has 20 aromatic rings. The summed E-state index contributed by atoms with van der Waals surface area (Å²) in [5.74, 6) is 0. The van der Waals surface area contributed by atoms with Crippen LogP contribution in [0.1, 0.15) is 21.9 Å². The van der Waals surface area contributed by atoms with Crippen LogP contribution in [-0.4, -0.2) is 0 Å². The van der Waals surface area contributed by atoms with Crippen molar-refractivity contribution in [1.82, 2.24) is 0 Å². The van der Waals surface area contributed by atoms with Crippen LogP contribution in [0, 0.1) is 0 Å². The van der Waals surface area contributed by atoms with Crippen molar-refractivity contribution in [3.05, 3.63) is 388 Å². The normalized spacial score (nSPS) is 13.7. The Hall–Kier alpha value is -13.4. The summed E-state index contributed by atoms with van der Waals surface area (Å²) in [7, 11) is 0. The molecule has 0 spiro atoms. The summed E-state index contributed by atoms with van der Waals surface area (Å²) in [5.41, 5.74) is 18.4. The molecule has 0 aliphatic carbocycles. The summed E-state index contributed by atoms with van der Waals surface area (Å²) < 4.78 is 158. The van der Waals surface area contributed by atoms with E-state index in [1.807, 2.05) is 127 Å². The van der Waals surface area contributed by atoms with Gasteiger partial charge in [0.05, 0.1) is 21.9 Å². The minimum atomic E-state index is -0.438. The molecule has 0 aliphatic heterocycles. The molecule has 102 heavy (non-hydrogen) atoms. The van der Waals surface area contributed by atoms with Crippen LogP contribution < -0.4 is 0 Å². The van der Waals surface area contributed by atoms with Crippen LogP contribution in [0.3, 0.4) is 0 Å². The third kappa shape index (κ3) is 10.4. The molecule has 0 fully saturated rings. The second kappa shape index (κ2) is 25.5. The molecule has 2 nitrogen and oxygen atoms in total. The highest BCUT2D eigenvalue weighted by Gasteiger charge is 2.24. The van der Waals surface area contributed by atoms with Gasteiger partial charge >= 0.3 is 0 Å². The lowest BCUT2D eigenvalue weighted by Gasteiger charge is -2.18. The zero-order valence-corrected chi connectivity index (χ0v) is 54.5. The number of benzene rings is 18. The Bertz CT molecular complexity index is 7420. The standard InChI is InChI=1S/2C50H32O/c1-4-16-33(17-5-1)37-26-14-27-42(47(37)34-18-6-2-7-19-34)43-28-15-29-46-50(43)44-32-36(30-31-45(44)51-46)49-40-24-12-10-22-38(40)48(35-20-8-3-9-21-35)39-23-11-13-25-41(39)49;1-4-14-33(15-5-1)36-24-27-39(34-16-6-2-7-17-34)44(30-36)37-25-28-47-45(31-37)46-32-38(26-29-48(46)51-47)50-42-22-12-10-20-40(42)49(35-18-8-3-9-19-35)41-21-11-13-23-43(41)50/h2*1-32H/i10D,11D,12D,13D,22D,23D,24D,25D;10D,11D,12D,13D,20D,21D,22D,23D. The van der Waals surface area contributed by atoms with Crippen molar-refractivity contribution in [2.24, 2.45) is 0 Å². The van der Waals surface area contributed by atoms with Gasteiger partial charge in [-0.15, -0.1) is 0 Å². The van der Waals surface area contributed by atoms with Crippen molar-refractivity contribution >= 4 is 87.0 Å². The first kappa shape index (κ1) is 45.2. The quantitative estimate of drug-likeness (QED) is 0.128. The van der Waals surface area contributed by atoms with Gasteiger partial charge in [-0.3, -0.25) is 0 Å². The maximum Gasteiger partial charge on any atom is 0.136 e. The fourth-order valence-corrected chi connectivity index (χ4v) is 14.9. The van der Waals surface area contributed by atoms with E-state index < -0.39 is 48.3 Å². The lowest BCUT2D eigenvalue weighted by atomic mass is 9.85. The first-order valence-electron chi connectivity index (χ1n) is 41.7. The van der Waals surface area contributed by atoms with Gasteiger partial charge in [0.15, 0.2) is 0 Å². The predicted molar refractivity (Wildman–Crippen MR) is 432 cm³/mol. The molecule has 2 heterocycles. The van der Waals surface area contributed by atoms with Crippen molar-refractivity contribution in [3.8, 4) is 111 Å². The maximum atomic E-state index is 9.38. The lowest BCUT2D eigenvalue weighted by molar-refractivity contribution is 0.668. The number of rotatable bonds is 10. The van der Waals surface area contributed by atoms with Gasteiger partial charge in [-0.05, 0) is 203 Å². The molecule has 2 aromatic heterocycles. The predicted octanol–water partition coefficient (Wildman–Crippen LogP) is 28.5. The van der Waals surface area contributed by atoms with Gasteiger partial charge < -0.3 is 8.83 Å². The highest BCUT2D eigenvalue weighted by molar-refractivity contribution is 6.25. The number of hydrogen-bond donors (Lipinski definition) is 0. The van der Waals surface area contributed by atoms with Crippen LogP contribution in [-0.2, 0) is 0 Å². The first-order valence-corrected chi connectivity index (χ1v) is 33.7. The van der Waals surface area contributed by atoms with Crippen LogP contribution in [0.5, 0.6) is 0 Å². The third-order valence-electron chi connectivity index (χ3n) is 19.4. The molecule has 0 radical (unpaired) electrons. The summed E-state index contributed by atoms with van der Waals surface area (Å²) in [5, 5.41) is 4.55. The van der Waals surface area contributed by atoms with Crippen LogP contribution in [0.2, 0.25) is 0 Å². The molecule has 476 valence electrons. The molecule has 2 heteroatoms. The first-order chi connectivity index (χ1) is 57.3. The van der Waals surface area contributed by atoms with Crippen LogP contribution in [0.4, 0.5) is 0 Å². The van der Waals surface area contributed by atoms with E-state index in [4.69, 9.17) is 19.8 Å². The molecule has 0 bridgehead atoms. The Balaban J connectivity index is 0.000000157. The van der Waals surface area contributed by atoms with Crippen molar-refractivity contribution in [3.63, 3.8) is 0 Å². The van der Waals surface area contributed by atoms with Gasteiger partial charge in [0.2, 0.25) is 0 Å². The summed E-state index contributed by atoms with van der Waals surface area (Å²) >= 11 is 0. The highest BCUT2D eigenvalue weighted by atomic mass is 16.3. The molecule has 20 rings (SSSR count). The highest BCUT2D eigenvalue weighted by Crippen LogP contribution is 2.50. The molecule has 0 atom stereocenters. The van der Waals surface area contributed by atoms with E-state index in [0.29, 0.717) is 66.8 Å². The van der Waals surface area contributed by atoms with E-state index >= 15 is 0 Å². The second-order valence-corrected chi connectivity index (χ2v) is 25.2. The monoisotopic (exact) mass is 1310 g/mol. The van der Waals surface area contributed by atoms with E-state index in [-0.39, 0.29) is 91.4 Å². The lowest BCUT2D eigenvalue weighted by Crippen LogP contribution is -1.91. The van der Waals surface area contributed by atoms with E-state index in [2.05, 4.69) is 103 Å². The van der Waals surface area contributed by atoms with E-state index in [0.717, 1.165) is 88.3 Å². The Kier molecular flexibility index (Phi) is 11.3. The van der Waals surface area contributed by atoms with E-state index in [1.54, 1.807) is 60.7 Å². The van der Waals surface area contributed by atoms with Crippen LogP contribution in [0.15, 0.2) is 397 Å². The molecular formula is C100H64O2. The van der Waals surface area contributed by atoms with E-state index in [9.17, 15) is 11.0 Å². The smallest absolute Gasteiger partial charge is 0.136 e. The molecular weight excluding hydrogens is 1230 g/mol. The molecule has 0 amide bonds. The average molecular weight is 1310 g/mol. The van der Waals surface area contributed by atoms with Gasteiger partial charge in [-0.1, -0.05) is 339 Å². The SMILES string of the molecule is [2H]c1c([2H])c([2H])c2c(-c3ccc4oc5ccc(-c6cc(-c7ccccc7)ccc6-c6ccccc6)cc5c4c3)c3c([2H])c([2H])c([2H])c([2H])c3c(-c3ccccc3)c2c1[2H].[2H]c1c([2H])c([2H])c2c(-c3ccc4oc5cccc(-c6cccc(-c7ccccc7)c6-c6ccccc6)c5c4c3)c3c([2H])c([2H])c([2H])c([2H])c3c(-c3ccccc3)c2c1[2H]. The summed E-state index contributed by atoms with van der Waals surface area (Å²) in [6, 6.07) is 89.2. The number of furan rings is 2. The Labute approximate surface area is 614 Å². The third-order valence-corrected chi connectivity index (χ3v) is 19.4. The van der Waals surface area contributed by atoms with Gasteiger partial charge in [-0.2, -0.15) is 0 Å². The topological polar surface area (TPSA) is 26.3 Å². The minimum absolute atomic E-state index is 0.168. The van der Waals surface area contributed by atoms with Crippen molar-refractivity contribution in [2.45, 2.75) is 0 Å². The van der Waals surface area contributed by atoms with Crippen molar-refractivity contribution < 1.29 is 30.8 Å². The summed E-state index contributed by atoms with van der Waals surface area (Å²) in [6.07, 6.45) is 0. The minimum Gasteiger partial charge on any atom is -0.456 e. The van der Waals surface area contributed by atoms with Crippen molar-refractivity contribution in [1.29, 1.82) is 0 Å². The Morgan fingerprint density at radius 2 is 0.490 bits per heavy atom. The Morgan fingerprint density at radius 3 is 0.951 bits per heavy atom. The molecule has 0 N–H and O–H groups in total. The molecule has 0 unspecified atom stereocenters. The maximum absolute atomic E-state index is 9.38. The average Bonchev–Trinajstić information content (AvgIpc) is 0.733. The van der Waals surface area contributed by atoms with Gasteiger partial charge in [0, 0.05) is 21.5 Å². The second-order valence-electron chi connectivity index (χ2n) is 25.2. The fraction of sp³-hybridized carbons (Fsp3) is 0. The molecule has 0 aliphatic rings. The fourth-order valence-electron chi connectivity index (χ4n) is 14.9. The van der Waals surface area contributed by atoms with Crippen molar-refractivity contribution in [2.75, 3.05) is 0 Å². The number of hydrogen-bond acceptors (Lipinski definition) is 2. The van der Waals surface area contributed by atoms with Crippen LogP contribution in [0.25, 0.3) is 198 Å².